The van der Waals surface area contributed by atoms with Crippen LogP contribution in [-0.2, 0) is 14.8 Å². The fourth-order valence-corrected chi connectivity index (χ4v) is 4.49. The number of rotatable bonds is 4. The van der Waals surface area contributed by atoms with Crippen molar-refractivity contribution in [3.05, 3.63) is 65.7 Å². The summed E-state index contributed by atoms with van der Waals surface area (Å²) in [6.07, 6.45) is 0. The molecule has 1 fully saturated rings. The highest BCUT2D eigenvalue weighted by Gasteiger charge is 2.58. The molecule has 3 rings (SSSR count). The molecule has 1 aliphatic rings. The molecule has 22 heavy (non-hydrogen) atoms. The molecule has 0 spiro atoms. The molecule has 2 aromatic rings. The van der Waals surface area contributed by atoms with Crippen molar-refractivity contribution >= 4 is 15.8 Å². The minimum Gasteiger partial charge on any atom is -0.298 e. The maximum atomic E-state index is 12.8. The van der Waals surface area contributed by atoms with Crippen LogP contribution in [0.4, 0.5) is 0 Å². The molecule has 4 nitrogen and oxygen atoms in total. The van der Waals surface area contributed by atoms with Gasteiger partial charge in [-0.05, 0) is 31.5 Å². The number of nitrogens with zero attached hydrogens (tertiary/aromatic N) is 1. The third-order valence-corrected chi connectivity index (χ3v) is 5.79. The van der Waals surface area contributed by atoms with Gasteiger partial charge in [-0.1, -0.05) is 48.0 Å². The van der Waals surface area contributed by atoms with Crippen molar-refractivity contribution in [1.82, 2.24) is 4.31 Å². The van der Waals surface area contributed by atoms with E-state index in [-0.39, 0.29) is 10.7 Å². The number of benzene rings is 2. The van der Waals surface area contributed by atoms with Gasteiger partial charge in [0.05, 0.1) is 10.9 Å². The quantitative estimate of drug-likeness (QED) is 0.815. The Balaban J connectivity index is 1.99. The number of Topliss-reactive ketones (excluding diaryl/α,β-unsaturated/α-hetero) is 1. The van der Waals surface area contributed by atoms with Crippen molar-refractivity contribution in [1.29, 1.82) is 0 Å². The van der Waals surface area contributed by atoms with Gasteiger partial charge in [-0.15, -0.1) is 0 Å². The lowest BCUT2D eigenvalue weighted by molar-refractivity contribution is -0.117. The van der Waals surface area contributed by atoms with Crippen LogP contribution < -0.4 is 0 Å². The molecular formula is C17H17NO3S. The van der Waals surface area contributed by atoms with Gasteiger partial charge >= 0.3 is 0 Å². The highest BCUT2D eigenvalue weighted by molar-refractivity contribution is 7.89. The molecule has 0 bridgehead atoms. The first-order valence-electron chi connectivity index (χ1n) is 7.08. The molecule has 0 amide bonds. The lowest BCUT2D eigenvalue weighted by Gasteiger charge is -2.07. The van der Waals surface area contributed by atoms with Crippen LogP contribution in [0.1, 0.15) is 24.1 Å². The molecule has 5 heteroatoms. The van der Waals surface area contributed by atoms with Crippen molar-refractivity contribution < 1.29 is 13.2 Å². The molecule has 114 valence electrons. The van der Waals surface area contributed by atoms with Crippen molar-refractivity contribution in [2.45, 2.75) is 30.8 Å². The molecule has 0 aromatic heterocycles. The van der Waals surface area contributed by atoms with Crippen molar-refractivity contribution in [2.24, 2.45) is 0 Å². The van der Waals surface area contributed by atoms with Crippen molar-refractivity contribution in [3.8, 4) is 0 Å². The van der Waals surface area contributed by atoms with E-state index in [1.165, 1.54) is 11.2 Å². The van der Waals surface area contributed by atoms with Gasteiger partial charge in [0, 0.05) is 0 Å². The van der Waals surface area contributed by atoms with Crippen LogP contribution in [0.5, 0.6) is 0 Å². The number of sulfonamides is 1. The molecule has 0 saturated carbocycles. The van der Waals surface area contributed by atoms with Crippen LogP contribution in [0.25, 0.3) is 0 Å². The van der Waals surface area contributed by atoms with E-state index in [0.717, 1.165) is 11.1 Å². The summed E-state index contributed by atoms with van der Waals surface area (Å²) in [6.45, 7) is 3.34. The number of ketones is 1. The minimum absolute atomic E-state index is 0.135. The SMILES string of the molecule is CC(=O)[C@H]1[C@H](c2ccccc2)N1S(=O)(=O)c1ccc(C)cc1. The van der Waals surface area contributed by atoms with E-state index in [9.17, 15) is 13.2 Å². The third-order valence-electron chi connectivity index (χ3n) is 3.91. The van der Waals surface area contributed by atoms with E-state index < -0.39 is 22.1 Å². The molecule has 1 heterocycles. The summed E-state index contributed by atoms with van der Waals surface area (Å²) in [7, 11) is -3.66. The van der Waals surface area contributed by atoms with E-state index in [2.05, 4.69) is 0 Å². The largest absolute Gasteiger partial charge is 0.298 e. The van der Waals surface area contributed by atoms with Gasteiger partial charge in [0.15, 0.2) is 0 Å². The molecule has 1 aliphatic heterocycles. The Kier molecular flexibility index (Phi) is 3.62. The Morgan fingerprint density at radius 3 is 2.14 bits per heavy atom. The summed E-state index contributed by atoms with van der Waals surface area (Å²) in [5, 5.41) is 0. The lowest BCUT2D eigenvalue weighted by atomic mass is 10.1. The number of hydrogen-bond donors (Lipinski definition) is 0. The van der Waals surface area contributed by atoms with Gasteiger partial charge in [0.1, 0.15) is 11.8 Å². The zero-order chi connectivity index (χ0) is 15.9. The van der Waals surface area contributed by atoms with Crippen LogP contribution in [0, 0.1) is 6.92 Å². The summed E-state index contributed by atoms with van der Waals surface area (Å²) in [6, 6.07) is 15.0. The van der Waals surface area contributed by atoms with Gasteiger partial charge in [0.25, 0.3) is 0 Å². The Bertz CT molecular complexity index is 798. The molecule has 2 aromatic carbocycles. The van der Waals surface area contributed by atoms with E-state index in [4.69, 9.17) is 0 Å². The average molecular weight is 315 g/mol. The maximum Gasteiger partial charge on any atom is 0.244 e. The smallest absolute Gasteiger partial charge is 0.244 e. The zero-order valence-corrected chi connectivity index (χ0v) is 13.2. The van der Waals surface area contributed by atoms with Crippen LogP contribution >= 0.6 is 0 Å². The highest BCUT2D eigenvalue weighted by atomic mass is 32.2. The maximum absolute atomic E-state index is 12.8. The summed E-state index contributed by atoms with van der Waals surface area (Å²) in [5.41, 5.74) is 1.84. The van der Waals surface area contributed by atoms with Crippen LogP contribution in [0.3, 0.4) is 0 Å². The Morgan fingerprint density at radius 1 is 1.00 bits per heavy atom. The Hall–Kier alpha value is -1.98. The van der Waals surface area contributed by atoms with Crippen molar-refractivity contribution in [2.75, 3.05) is 0 Å². The number of carbonyl (C=O) groups excluding carboxylic acids is 1. The fraction of sp³-hybridized carbons (Fsp3) is 0.235. The second kappa shape index (κ2) is 5.34. The standard InChI is InChI=1S/C17H17NO3S/c1-12-8-10-15(11-9-12)22(20,21)18-16(13(2)19)17(18)14-6-4-3-5-7-14/h3-11,16-17H,1-2H3/t16-,17-,18?/m0/s1. The van der Waals surface area contributed by atoms with Gasteiger partial charge in [-0.2, -0.15) is 4.31 Å². The second-order valence-electron chi connectivity index (χ2n) is 5.56. The van der Waals surface area contributed by atoms with Gasteiger partial charge in [-0.25, -0.2) is 8.42 Å². The average Bonchev–Trinajstić information content (AvgIpc) is 3.25. The molecule has 0 aliphatic carbocycles. The van der Waals surface area contributed by atoms with Crippen LogP contribution in [-0.4, -0.2) is 24.5 Å². The molecule has 1 unspecified atom stereocenters. The Morgan fingerprint density at radius 2 is 1.59 bits per heavy atom. The predicted molar refractivity (Wildman–Crippen MR) is 83.9 cm³/mol. The molecule has 1 saturated heterocycles. The second-order valence-corrected chi connectivity index (χ2v) is 7.40. The first-order chi connectivity index (χ1) is 10.4. The van der Waals surface area contributed by atoms with E-state index >= 15 is 0 Å². The first-order valence-corrected chi connectivity index (χ1v) is 8.52. The summed E-state index contributed by atoms with van der Waals surface area (Å²) < 4.78 is 26.9. The summed E-state index contributed by atoms with van der Waals surface area (Å²) in [5.74, 6) is -0.135. The molecular weight excluding hydrogens is 298 g/mol. The van der Waals surface area contributed by atoms with Crippen molar-refractivity contribution in [3.63, 3.8) is 0 Å². The van der Waals surface area contributed by atoms with Crippen LogP contribution in [0.2, 0.25) is 0 Å². The van der Waals surface area contributed by atoms with E-state index in [0.29, 0.717) is 0 Å². The van der Waals surface area contributed by atoms with Gasteiger partial charge < -0.3 is 0 Å². The predicted octanol–water partition coefficient (Wildman–Crippen LogP) is 2.70. The Labute approximate surface area is 130 Å². The monoisotopic (exact) mass is 315 g/mol. The topological polar surface area (TPSA) is 54.2 Å². The lowest BCUT2D eigenvalue weighted by Crippen LogP contribution is -2.18. The van der Waals surface area contributed by atoms with Gasteiger partial charge in [-0.3, -0.25) is 4.79 Å². The van der Waals surface area contributed by atoms with Gasteiger partial charge in [0.2, 0.25) is 10.0 Å². The zero-order valence-electron chi connectivity index (χ0n) is 12.4. The molecule has 0 N–H and O–H groups in total. The van der Waals surface area contributed by atoms with E-state index in [1.807, 2.05) is 37.3 Å². The number of hydrogen-bond acceptors (Lipinski definition) is 3. The highest BCUT2D eigenvalue weighted by Crippen LogP contribution is 2.47. The van der Waals surface area contributed by atoms with Crippen LogP contribution in [0.15, 0.2) is 59.5 Å². The minimum atomic E-state index is -3.66. The fourth-order valence-electron chi connectivity index (χ4n) is 2.72. The number of aryl methyl sites for hydroxylation is 1. The normalized spacial score (nSPS) is 24.0. The number of carbonyl (C=O) groups is 1. The summed E-state index contributed by atoms with van der Waals surface area (Å²) >= 11 is 0. The molecule has 0 radical (unpaired) electrons. The van der Waals surface area contributed by atoms with E-state index in [1.54, 1.807) is 24.3 Å². The first kappa shape index (κ1) is 14.9. The molecule has 3 atom stereocenters. The summed E-state index contributed by atoms with van der Waals surface area (Å²) in [4.78, 5) is 12.1. The third kappa shape index (κ3) is 2.46.